The molecule has 0 saturated carbocycles. The van der Waals surface area contributed by atoms with Crippen LogP contribution in [0.3, 0.4) is 0 Å². The maximum atomic E-state index is 12.0. The number of carbonyl (C=O) groups excluding carboxylic acids is 1. The van der Waals surface area contributed by atoms with E-state index in [1.807, 2.05) is 49.1 Å². The van der Waals surface area contributed by atoms with Crippen LogP contribution in [0, 0.1) is 5.92 Å². The third-order valence-corrected chi connectivity index (χ3v) is 4.18. The molecule has 2 N–H and O–H groups in total. The van der Waals surface area contributed by atoms with Gasteiger partial charge >= 0.3 is 0 Å². The molecule has 1 fully saturated rings. The Morgan fingerprint density at radius 3 is 2.80 bits per heavy atom. The molecule has 1 saturated heterocycles. The van der Waals surface area contributed by atoms with Gasteiger partial charge in [0.25, 0.3) is 0 Å². The predicted molar refractivity (Wildman–Crippen MR) is 101 cm³/mol. The minimum atomic E-state index is 0.0563. The van der Waals surface area contributed by atoms with Gasteiger partial charge in [-0.3, -0.25) is 9.79 Å². The summed E-state index contributed by atoms with van der Waals surface area (Å²) >= 11 is 0. The molecule has 6 heteroatoms. The summed E-state index contributed by atoms with van der Waals surface area (Å²) in [4.78, 5) is 18.2. The maximum Gasteiger partial charge on any atom is 0.225 e. The van der Waals surface area contributed by atoms with E-state index in [4.69, 9.17) is 4.74 Å². The molecule has 2 rings (SSSR count). The minimum absolute atomic E-state index is 0.0563. The smallest absolute Gasteiger partial charge is 0.225 e. The van der Waals surface area contributed by atoms with Gasteiger partial charge in [0.05, 0.1) is 6.61 Å². The summed E-state index contributed by atoms with van der Waals surface area (Å²) < 4.78 is 5.67. The van der Waals surface area contributed by atoms with Crippen LogP contribution in [0.2, 0.25) is 0 Å². The average molecular weight is 346 g/mol. The monoisotopic (exact) mass is 346 g/mol. The zero-order valence-corrected chi connectivity index (χ0v) is 15.5. The average Bonchev–Trinajstić information content (AvgIpc) is 3.09. The first-order valence-electron chi connectivity index (χ1n) is 9.04. The second-order valence-corrected chi connectivity index (χ2v) is 6.58. The fourth-order valence-corrected chi connectivity index (χ4v) is 2.82. The van der Waals surface area contributed by atoms with E-state index >= 15 is 0 Å². The number of hydrogen-bond acceptors (Lipinski definition) is 3. The number of para-hydroxylation sites is 1. The number of nitrogens with one attached hydrogen (secondary N) is 2. The highest BCUT2D eigenvalue weighted by Gasteiger charge is 2.27. The van der Waals surface area contributed by atoms with Crippen molar-refractivity contribution >= 4 is 11.9 Å². The third-order valence-electron chi connectivity index (χ3n) is 4.18. The van der Waals surface area contributed by atoms with Crippen LogP contribution in [0.25, 0.3) is 0 Å². The number of ether oxygens (including phenoxy) is 1. The van der Waals surface area contributed by atoms with Crippen LogP contribution in [0.1, 0.15) is 26.7 Å². The first kappa shape index (κ1) is 19.1. The zero-order valence-electron chi connectivity index (χ0n) is 15.5. The first-order chi connectivity index (χ1) is 12.1. The summed E-state index contributed by atoms with van der Waals surface area (Å²) in [7, 11) is 1.77. The van der Waals surface area contributed by atoms with E-state index in [1.165, 1.54) is 0 Å². The maximum absolute atomic E-state index is 12.0. The standard InChI is InChI=1S/C19H30N4O2/c1-15(2)18(24)23-12-10-16(14-23)22-19(20-3)21-11-7-13-25-17-8-5-4-6-9-17/h4-6,8-9,15-16H,7,10-14H2,1-3H3,(H2,20,21,22). The zero-order chi connectivity index (χ0) is 18.1. The number of hydrogen-bond donors (Lipinski definition) is 2. The van der Waals surface area contributed by atoms with Crippen LogP contribution in [0.15, 0.2) is 35.3 Å². The molecule has 1 amide bonds. The Kier molecular flexibility index (Phi) is 7.57. The number of likely N-dealkylation sites (tertiary alicyclic amines) is 1. The molecule has 25 heavy (non-hydrogen) atoms. The molecule has 6 nitrogen and oxygen atoms in total. The van der Waals surface area contributed by atoms with Crippen molar-refractivity contribution in [1.29, 1.82) is 0 Å². The Morgan fingerprint density at radius 2 is 2.12 bits per heavy atom. The second kappa shape index (κ2) is 9.91. The summed E-state index contributed by atoms with van der Waals surface area (Å²) in [6.45, 7) is 6.90. The van der Waals surface area contributed by atoms with Crippen molar-refractivity contribution in [3.63, 3.8) is 0 Å². The lowest BCUT2D eigenvalue weighted by molar-refractivity contribution is -0.133. The Balaban J connectivity index is 1.63. The summed E-state index contributed by atoms with van der Waals surface area (Å²) in [6, 6.07) is 10.1. The van der Waals surface area contributed by atoms with Crippen LogP contribution in [0.4, 0.5) is 0 Å². The normalized spacial score (nSPS) is 17.7. The number of aliphatic imine (C=N–C) groups is 1. The molecule has 138 valence electrons. The Hall–Kier alpha value is -2.24. The third kappa shape index (κ3) is 6.29. The van der Waals surface area contributed by atoms with Gasteiger partial charge in [-0.2, -0.15) is 0 Å². The van der Waals surface area contributed by atoms with E-state index in [0.717, 1.165) is 44.2 Å². The number of guanidine groups is 1. The highest BCUT2D eigenvalue weighted by molar-refractivity contribution is 5.81. The fraction of sp³-hybridized carbons (Fsp3) is 0.579. The molecular formula is C19H30N4O2. The van der Waals surface area contributed by atoms with Crippen molar-refractivity contribution in [2.24, 2.45) is 10.9 Å². The molecule has 0 aromatic heterocycles. The molecule has 0 aliphatic carbocycles. The SMILES string of the molecule is CN=C(NCCCOc1ccccc1)NC1CCN(C(=O)C(C)C)C1. The number of amides is 1. The minimum Gasteiger partial charge on any atom is -0.494 e. The molecule has 0 radical (unpaired) electrons. The summed E-state index contributed by atoms with van der Waals surface area (Å²) in [5, 5.41) is 6.71. The predicted octanol–water partition coefficient (Wildman–Crippen LogP) is 1.88. The van der Waals surface area contributed by atoms with Crippen molar-refractivity contribution in [3.8, 4) is 5.75 Å². The van der Waals surface area contributed by atoms with Gasteiger partial charge in [0.2, 0.25) is 5.91 Å². The van der Waals surface area contributed by atoms with Crippen molar-refractivity contribution in [2.45, 2.75) is 32.7 Å². The van der Waals surface area contributed by atoms with E-state index in [-0.39, 0.29) is 17.9 Å². The van der Waals surface area contributed by atoms with E-state index < -0.39 is 0 Å². The van der Waals surface area contributed by atoms with Crippen molar-refractivity contribution in [1.82, 2.24) is 15.5 Å². The van der Waals surface area contributed by atoms with Crippen LogP contribution >= 0.6 is 0 Å². The van der Waals surface area contributed by atoms with Crippen LogP contribution in [-0.4, -0.2) is 56.1 Å². The molecule has 1 aliphatic rings. The van der Waals surface area contributed by atoms with Gasteiger partial charge < -0.3 is 20.3 Å². The lowest BCUT2D eigenvalue weighted by Crippen LogP contribution is -2.45. The molecule has 1 aromatic carbocycles. The number of benzene rings is 1. The molecule has 1 unspecified atom stereocenters. The molecule has 1 heterocycles. The van der Waals surface area contributed by atoms with Gasteiger partial charge in [-0.05, 0) is 25.0 Å². The lowest BCUT2D eigenvalue weighted by Gasteiger charge is -2.20. The van der Waals surface area contributed by atoms with Gasteiger partial charge in [-0.1, -0.05) is 32.0 Å². The molecule has 1 aromatic rings. The van der Waals surface area contributed by atoms with Crippen LogP contribution in [0.5, 0.6) is 5.75 Å². The van der Waals surface area contributed by atoms with E-state index in [1.54, 1.807) is 7.05 Å². The summed E-state index contributed by atoms with van der Waals surface area (Å²) in [5.74, 6) is 1.96. The first-order valence-corrected chi connectivity index (χ1v) is 9.04. The van der Waals surface area contributed by atoms with E-state index in [2.05, 4.69) is 15.6 Å². The summed E-state index contributed by atoms with van der Waals surface area (Å²) in [5.41, 5.74) is 0. The number of rotatable bonds is 7. The van der Waals surface area contributed by atoms with Gasteiger partial charge in [-0.25, -0.2) is 0 Å². The second-order valence-electron chi connectivity index (χ2n) is 6.58. The van der Waals surface area contributed by atoms with Gasteiger partial charge in [0.15, 0.2) is 5.96 Å². The van der Waals surface area contributed by atoms with Gasteiger partial charge in [-0.15, -0.1) is 0 Å². The molecule has 1 atom stereocenters. The van der Waals surface area contributed by atoms with Gasteiger partial charge in [0, 0.05) is 38.6 Å². The molecule has 0 spiro atoms. The number of nitrogens with zero attached hydrogens (tertiary/aromatic N) is 2. The number of carbonyl (C=O) groups is 1. The molecule has 1 aliphatic heterocycles. The Labute approximate surface area is 150 Å². The fourth-order valence-electron chi connectivity index (χ4n) is 2.82. The highest BCUT2D eigenvalue weighted by atomic mass is 16.5. The largest absolute Gasteiger partial charge is 0.494 e. The Morgan fingerprint density at radius 1 is 1.36 bits per heavy atom. The molecular weight excluding hydrogens is 316 g/mol. The van der Waals surface area contributed by atoms with E-state index in [9.17, 15) is 4.79 Å². The molecule has 0 bridgehead atoms. The van der Waals surface area contributed by atoms with Crippen molar-refractivity contribution < 1.29 is 9.53 Å². The van der Waals surface area contributed by atoms with Gasteiger partial charge in [0.1, 0.15) is 5.75 Å². The van der Waals surface area contributed by atoms with Crippen molar-refractivity contribution in [3.05, 3.63) is 30.3 Å². The lowest BCUT2D eigenvalue weighted by atomic mass is 10.2. The highest BCUT2D eigenvalue weighted by Crippen LogP contribution is 2.12. The van der Waals surface area contributed by atoms with Crippen molar-refractivity contribution in [2.75, 3.05) is 33.3 Å². The van der Waals surface area contributed by atoms with Crippen LogP contribution in [-0.2, 0) is 4.79 Å². The Bertz CT molecular complexity index is 560. The summed E-state index contributed by atoms with van der Waals surface area (Å²) in [6.07, 6.45) is 1.84. The van der Waals surface area contributed by atoms with Crippen LogP contribution < -0.4 is 15.4 Å². The quantitative estimate of drug-likeness (QED) is 0.449. The topological polar surface area (TPSA) is 66.0 Å². The van der Waals surface area contributed by atoms with E-state index in [0.29, 0.717) is 6.61 Å².